The number of hydrogen-bond acceptors (Lipinski definition) is 8. The Morgan fingerprint density at radius 2 is 1.86 bits per heavy atom. The van der Waals surface area contributed by atoms with Gasteiger partial charge in [0.1, 0.15) is 10.0 Å². The SMILES string of the molecule is CCOC(=O)C1CCN(S(=O)(=O)c2cccc(-c3nn(-c4ccccc4)cc3C=C3SC(=S)N(C(C)C)C3=O)c2)CC1. The molecule has 0 N–H and O–H groups in total. The van der Waals surface area contributed by atoms with Crippen molar-refractivity contribution in [2.75, 3.05) is 19.7 Å². The lowest BCUT2D eigenvalue weighted by Crippen LogP contribution is -2.40. The summed E-state index contributed by atoms with van der Waals surface area (Å²) in [5.41, 5.74) is 2.61. The summed E-state index contributed by atoms with van der Waals surface area (Å²) >= 11 is 6.70. The summed E-state index contributed by atoms with van der Waals surface area (Å²) in [5.74, 6) is -0.736. The van der Waals surface area contributed by atoms with E-state index in [4.69, 9.17) is 22.1 Å². The van der Waals surface area contributed by atoms with Crippen LogP contribution in [0.1, 0.15) is 39.2 Å². The number of aromatic nitrogens is 2. The molecule has 1 aromatic heterocycles. The summed E-state index contributed by atoms with van der Waals surface area (Å²) in [6.07, 6.45) is 4.43. The average Bonchev–Trinajstić information content (AvgIpc) is 3.53. The van der Waals surface area contributed by atoms with Gasteiger partial charge in [-0.3, -0.25) is 14.5 Å². The third-order valence-electron chi connectivity index (χ3n) is 7.21. The van der Waals surface area contributed by atoms with E-state index in [1.54, 1.807) is 46.8 Å². The number of carbonyl (C=O) groups is 2. The molecule has 0 aliphatic carbocycles. The summed E-state index contributed by atoms with van der Waals surface area (Å²) in [4.78, 5) is 27.5. The number of esters is 1. The fraction of sp³-hybridized carbons (Fsp3) is 0.333. The largest absolute Gasteiger partial charge is 0.466 e. The topological polar surface area (TPSA) is 102 Å². The van der Waals surface area contributed by atoms with Crippen molar-refractivity contribution in [3.63, 3.8) is 0 Å². The van der Waals surface area contributed by atoms with Gasteiger partial charge < -0.3 is 4.74 Å². The quantitative estimate of drug-likeness (QED) is 0.194. The Labute approximate surface area is 255 Å². The Bertz CT molecular complexity index is 1640. The molecule has 3 aromatic rings. The average molecular weight is 625 g/mol. The minimum absolute atomic E-state index is 0.0702. The van der Waals surface area contributed by atoms with E-state index < -0.39 is 10.0 Å². The molecule has 0 spiro atoms. The second-order valence-corrected chi connectivity index (χ2v) is 13.9. The van der Waals surface area contributed by atoms with Gasteiger partial charge in [0, 0.05) is 36.5 Å². The summed E-state index contributed by atoms with van der Waals surface area (Å²) < 4.78 is 36.0. The number of thiocarbonyl (C=S) groups is 1. The number of amides is 1. The molecule has 1 amide bonds. The molecule has 0 radical (unpaired) electrons. The first kappa shape index (κ1) is 30.1. The van der Waals surface area contributed by atoms with Crippen LogP contribution in [0.4, 0.5) is 0 Å². The molecule has 220 valence electrons. The van der Waals surface area contributed by atoms with Crippen molar-refractivity contribution >= 4 is 56.3 Å². The maximum absolute atomic E-state index is 13.6. The minimum atomic E-state index is -3.82. The van der Waals surface area contributed by atoms with Crippen molar-refractivity contribution in [2.24, 2.45) is 5.92 Å². The highest BCUT2D eigenvalue weighted by molar-refractivity contribution is 8.26. The van der Waals surface area contributed by atoms with E-state index in [9.17, 15) is 18.0 Å². The van der Waals surface area contributed by atoms with E-state index in [1.165, 1.54) is 16.1 Å². The van der Waals surface area contributed by atoms with Gasteiger partial charge in [0.25, 0.3) is 5.91 Å². The van der Waals surface area contributed by atoms with E-state index in [0.29, 0.717) is 45.5 Å². The van der Waals surface area contributed by atoms with E-state index in [2.05, 4.69) is 0 Å². The van der Waals surface area contributed by atoms with Crippen molar-refractivity contribution in [2.45, 2.75) is 44.6 Å². The first-order valence-electron chi connectivity index (χ1n) is 13.8. The molecule has 12 heteroatoms. The van der Waals surface area contributed by atoms with E-state index >= 15 is 0 Å². The molecule has 42 heavy (non-hydrogen) atoms. The summed E-state index contributed by atoms with van der Waals surface area (Å²) in [6, 6.07) is 16.2. The standard InChI is InChI=1S/C30H32N4O5S3/c1-4-39-29(36)21-13-15-32(16-14-21)42(37,38)25-12-8-9-22(17-25)27-23(19-33(31-27)24-10-6-5-7-11-24)18-26-28(35)34(20(2)3)30(40)41-26/h5-12,17-21H,4,13-16H2,1-3H3. The number of nitrogens with zero attached hydrogens (tertiary/aromatic N) is 4. The number of para-hydroxylation sites is 1. The Hall–Kier alpha value is -3.32. The zero-order valence-electron chi connectivity index (χ0n) is 23.6. The molecule has 2 fully saturated rings. The van der Waals surface area contributed by atoms with Crippen molar-refractivity contribution in [1.29, 1.82) is 0 Å². The van der Waals surface area contributed by atoms with Crippen LogP contribution in [-0.2, 0) is 24.3 Å². The van der Waals surface area contributed by atoms with Gasteiger partial charge >= 0.3 is 5.97 Å². The normalized spacial score (nSPS) is 17.9. The number of carbonyl (C=O) groups excluding carboxylic acids is 2. The predicted molar refractivity (Wildman–Crippen MR) is 167 cm³/mol. The first-order chi connectivity index (χ1) is 20.1. The fourth-order valence-corrected chi connectivity index (χ4v) is 8.07. The lowest BCUT2D eigenvalue weighted by molar-refractivity contribution is -0.149. The Morgan fingerprint density at radius 1 is 1.14 bits per heavy atom. The highest BCUT2D eigenvalue weighted by Crippen LogP contribution is 2.36. The lowest BCUT2D eigenvalue weighted by Gasteiger charge is -2.30. The van der Waals surface area contributed by atoms with Crippen molar-refractivity contribution < 1.29 is 22.7 Å². The van der Waals surface area contributed by atoms with Crippen LogP contribution in [0.15, 0.2) is 70.6 Å². The van der Waals surface area contributed by atoms with Crippen LogP contribution in [0.25, 0.3) is 23.0 Å². The molecule has 2 aliphatic rings. The van der Waals surface area contributed by atoms with Crippen molar-refractivity contribution in [1.82, 2.24) is 19.0 Å². The van der Waals surface area contributed by atoms with Gasteiger partial charge in [0.15, 0.2) is 0 Å². The maximum Gasteiger partial charge on any atom is 0.309 e. The van der Waals surface area contributed by atoms with Crippen LogP contribution in [0.5, 0.6) is 0 Å². The maximum atomic E-state index is 13.6. The fourth-order valence-electron chi connectivity index (χ4n) is 5.04. The van der Waals surface area contributed by atoms with Gasteiger partial charge in [0.2, 0.25) is 10.0 Å². The van der Waals surface area contributed by atoms with Crippen LogP contribution in [0, 0.1) is 5.92 Å². The number of thioether (sulfide) groups is 1. The van der Waals surface area contributed by atoms with Gasteiger partial charge in [0.05, 0.1) is 28.0 Å². The number of sulfonamides is 1. The van der Waals surface area contributed by atoms with Gasteiger partial charge in [-0.15, -0.1) is 0 Å². The van der Waals surface area contributed by atoms with E-state index in [1.807, 2.05) is 50.4 Å². The Balaban J connectivity index is 1.49. The zero-order chi connectivity index (χ0) is 30.0. The molecule has 0 unspecified atom stereocenters. The molecule has 3 heterocycles. The van der Waals surface area contributed by atoms with Gasteiger partial charge in [-0.05, 0) is 64.0 Å². The smallest absolute Gasteiger partial charge is 0.309 e. The molecule has 0 bridgehead atoms. The second-order valence-electron chi connectivity index (χ2n) is 10.3. The molecule has 2 aliphatic heterocycles. The molecule has 2 aromatic carbocycles. The second kappa shape index (κ2) is 12.5. The highest BCUT2D eigenvalue weighted by Gasteiger charge is 2.35. The van der Waals surface area contributed by atoms with Gasteiger partial charge in [-0.1, -0.05) is 54.3 Å². The molecular formula is C30H32N4O5S3. The van der Waals surface area contributed by atoms with E-state index in [-0.39, 0.29) is 41.8 Å². The molecule has 0 atom stereocenters. The molecule has 2 saturated heterocycles. The summed E-state index contributed by atoms with van der Waals surface area (Å²) in [7, 11) is -3.82. The third-order valence-corrected chi connectivity index (χ3v) is 10.4. The first-order valence-corrected chi connectivity index (χ1v) is 16.5. The molecule has 9 nitrogen and oxygen atoms in total. The molecule has 5 rings (SSSR count). The Morgan fingerprint density at radius 3 is 2.50 bits per heavy atom. The predicted octanol–water partition coefficient (Wildman–Crippen LogP) is 5.11. The van der Waals surface area contributed by atoms with Crippen LogP contribution in [-0.4, -0.2) is 69.3 Å². The lowest BCUT2D eigenvalue weighted by atomic mass is 9.98. The Kier molecular flexibility index (Phi) is 8.97. The van der Waals surface area contributed by atoms with Gasteiger partial charge in [-0.2, -0.15) is 9.40 Å². The summed E-state index contributed by atoms with van der Waals surface area (Å²) in [6.45, 7) is 6.37. The number of hydrogen-bond donors (Lipinski definition) is 0. The monoisotopic (exact) mass is 624 g/mol. The van der Waals surface area contributed by atoms with Crippen LogP contribution in [0.2, 0.25) is 0 Å². The van der Waals surface area contributed by atoms with E-state index in [0.717, 1.165) is 5.69 Å². The minimum Gasteiger partial charge on any atom is -0.466 e. The highest BCUT2D eigenvalue weighted by atomic mass is 32.2. The third kappa shape index (κ3) is 6.07. The zero-order valence-corrected chi connectivity index (χ0v) is 26.0. The van der Waals surface area contributed by atoms with Crippen LogP contribution in [0.3, 0.4) is 0 Å². The van der Waals surface area contributed by atoms with Crippen molar-refractivity contribution in [3.8, 4) is 16.9 Å². The molecule has 0 saturated carbocycles. The van der Waals surface area contributed by atoms with Gasteiger partial charge in [-0.25, -0.2) is 13.1 Å². The number of benzene rings is 2. The number of piperidine rings is 1. The van der Waals surface area contributed by atoms with Crippen molar-refractivity contribution in [3.05, 3.63) is 71.3 Å². The number of ether oxygens (including phenoxy) is 1. The summed E-state index contributed by atoms with van der Waals surface area (Å²) in [5, 5.41) is 4.82. The van der Waals surface area contributed by atoms with Crippen LogP contribution >= 0.6 is 24.0 Å². The number of rotatable bonds is 8. The molecular weight excluding hydrogens is 593 g/mol. The van der Waals surface area contributed by atoms with Crippen LogP contribution < -0.4 is 0 Å².